The quantitative estimate of drug-likeness (QED) is 0.695. The lowest BCUT2D eigenvalue weighted by atomic mass is 10.1. The highest BCUT2D eigenvalue weighted by atomic mass is 35.5. The number of benzene rings is 2. The Labute approximate surface area is 166 Å². The molecule has 0 heterocycles. The first-order chi connectivity index (χ1) is 12.8. The van der Waals surface area contributed by atoms with Gasteiger partial charge in [0.2, 0.25) is 11.8 Å². The van der Waals surface area contributed by atoms with Crippen molar-refractivity contribution < 1.29 is 18.8 Å². The highest BCUT2D eigenvalue weighted by Gasteiger charge is 2.16. The number of likely N-dealkylation sites (N-methyl/N-ethyl adjacent to an activating group) is 1. The molecule has 0 atom stereocenters. The maximum Gasteiger partial charge on any atom is 0.243 e. The fourth-order valence-electron chi connectivity index (χ4n) is 2.27. The van der Waals surface area contributed by atoms with Crippen LogP contribution in [0.5, 0.6) is 0 Å². The van der Waals surface area contributed by atoms with Gasteiger partial charge >= 0.3 is 0 Å². The van der Waals surface area contributed by atoms with Gasteiger partial charge in [-0.05, 0) is 42.5 Å². The Morgan fingerprint density at radius 3 is 2.30 bits per heavy atom. The Morgan fingerprint density at radius 1 is 1.00 bits per heavy atom. The molecular weight excluding hydrogens is 394 g/mol. The minimum atomic E-state index is -0.435. The molecule has 2 rings (SSSR count). The lowest BCUT2D eigenvalue weighted by molar-refractivity contribution is -0.133. The van der Waals surface area contributed by atoms with Crippen LogP contribution in [0.3, 0.4) is 0 Å². The van der Waals surface area contributed by atoms with E-state index < -0.39 is 11.7 Å². The van der Waals surface area contributed by atoms with Crippen molar-refractivity contribution in [1.29, 1.82) is 0 Å². The second-order valence-electron chi connectivity index (χ2n) is 5.86. The zero-order chi connectivity index (χ0) is 20.0. The van der Waals surface area contributed by atoms with Gasteiger partial charge in [0.1, 0.15) is 5.82 Å². The van der Waals surface area contributed by atoms with Gasteiger partial charge in [-0.15, -0.1) is 0 Å². The average Bonchev–Trinajstić information content (AvgIpc) is 2.63. The lowest BCUT2D eigenvalue weighted by Gasteiger charge is -2.17. The zero-order valence-corrected chi connectivity index (χ0v) is 16.0. The molecule has 0 aromatic heterocycles. The van der Waals surface area contributed by atoms with Crippen LogP contribution in [0.2, 0.25) is 10.0 Å². The molecule has 0 spiro atoms. The number of rotatable bonds is 7. The van der Waals surface area contributed by atoms with E-state index in [4.69, 9.17) is 23.2 Å². The van der Waals surface area contributed by atoms with Crippen molar-refractivity contribution >= 4 is 46.5 Å². The molecule has 1 N–H and O–H groups in total. The number of ketones is 1. The third-order valence-electron chi connectivity index (χ3n) is 3.74. The molecule has 0 aliphatic carbocycles. The van der Waals surface area contributed by atoms with Gasteiger partial charge in [-0.25, -0.2) is 4.39 Å². The molecule has 2 amide bonds. The Hall–Kier alpha value is -2.44. The Morgan fingerprint density at radius 2 is 1.67 bits per heavy atom. The first kappa shape index (κ1) is 20.9. The molecule has 8 heteroatoms. The third kappa shape index (κ3) is 6.34. The van der Waals surface area contributed by atoms with Gasteiger partial charge in [0.15, 0.2) is 5.78 Å². The normalized spacial score (nSPS) is 10.4. The number of nitrogens with one attached hydrogen (secondary N) is 1. The van der Waals surface area contributed by atoms with Crippen LogP contribution >= 0.6 is 23.2 Å². The molecular formula is C19H17Cl2FN2O3. The maximum absolute atomic E-state index is 12.9. The predicted octanol–water partition coefficient (Wildman–Crippen LogP) is 4.19. The fraction of sp³-hybridized carbons (Fsp3) is 0.211. The van der Waals surface area contributed by atoms with Crippen LogP contribution in [-0.4, -0.2) is 36.1 Å². The van der Waals surface area contributed by atoms with Gasteiger partial charge in [-0.2, -0.15) is 0 Å². The molecule has 142 valence electrons. The summed E-state index contributed by atoms with van der Waals surface area (Å²) in [4.78, 5) is 37.4. The number of carbonyl (C=O) groups is 3. The Balaban J connectivity index is 1.82. The average molecular weight is 411 g/mol. The van der Waals surface area contributed by atoms with Gasteiger partial charge in [0.25, 0.3) is 0 Å². The molecule has 0 saturated carbocycles. The van der Waals surface area contributed by atoms with E-state index >= 15 is 0 Å². The zero-order valence-electron chi connectivity index (χ0n) is 14.5. The number of anilines is 1. The minimum absolute atomic E-state index is 0.0246. The van der Waals surface area contributed by atoms with Crippen molar-refractivity contribution in [1.82, 2.24) is 4.90 Å². The minimum Gasteiger partial charge on any atom is -0.336 e. The van der Waals surface area contributed by atoms with Gasteiger partial charge in [0.05, 0.1) is 16.6 Å². The van der Waals surface area contributed by atoms with Crippen molar-refractivity contribution in [3.05, 3.63) is 63.9 Å². The van der Waals surface area contributed by atoms with Crippen molar-refractivity contribution in [2.75, 3.05) is 18.9 Å². The molecule has 0 saturated heterocycles. The summed E-state index contributed by atoms with van der Waals surface area (Å²) in [6, 6.07) is 9.77. The maximum atomic E-state index is 12.9. The predicted molar refractivity (Wildman–Crippen MR) is 103 cm³/mol. The molecule has 2 aromatic carbocycles. The standard InChI is InChI=1S/C19H17Cl2FN2O3/c1-24(11-18(26)23-14-6-7-15(20)16(21)10-14)19(27)9-8-17(25)12-2-4-13(22)5-3-12/h2-7,10H,8-9,11H2,1H3,(H,23,26). The van der Waals surface area contributed by atoms with Crippen molar-refractivity contribution in [2.24, 2.45) is 0 Å². The van der Waals surface area contributed by atoms with E-state index in [1.165, 1.54) is 42.3 Å². The monoisotopic (exact) mass is 410 g/mol. The van der Waals surface area contributed by atoms with Crippen LogP contribution in [0.25, 0.3) is 0 Å². The van der Waals surface area contributed by atoms with Crippen LogP contribution in [-0.2, 0) is 9.59 Å². The number of hydrogen-bond donors (Lipinski definition) is 1. The second kappa shape index (κ2) is 9.48. The topological polar surface area (TPSA) is 66.5 Å². The number of amides is 2. The third-order valence-corrected chi connectivity index (χ3v) is 4.48. The highest BCUT2D eigenvalue weighted by molar-refractivity contribution is 6.42. The first-order valence-electron chi connectivity index (χ1n) is 8.04. The largest absolute Gasteiger partial charge is 0.336 e. The molecule has 5 nitrogen and oxygen atoms in total. The summed E-state index contributed by atoms with van der Waals surface area (Å²) in [6.07, 6.45) is -0.0734. The molecule has 2 aromatic rings. The second-order valence-corrected chi connectivity index (χ2v) is 6.67. The lowest BCUT2D eigenvalue weighted by Crippen LogP contribution is -2.35. The molecule has 0 radical (unpaired) electrons. The van der Waals surface area contributed by atoms with Crippen LogP contribution in [0.15, 0.2) is 42.5 Å². The van der Waals surface area contributed by atoms with Gasteiger partial charge in [-0.1, -0.05) is 23.2 Å². The summed E-state index contributed by atoms with van der Waals surface area (Å²) in [5, 5.41) is 3.29. The number of nitrogens with zero attached hydrogens (tertiary/aromatic N) is 1. The Bertz CT molecular complexity index is 857. The number of Topliss-reactive ketones (excluding diaryl/α,β-unsaturated/α-hetero) is 1. The Kier molecular flexibility index (Phi) is 7.33. The smallest absolute Gasteiger partial charge is 0.243 e. The van der Waals surface area contributed by atoms with Gasteiger partial charge < -0.3 is 10.2 Å². The summed E-state index contributed by atoms with van der Waals surface area (Å²) in [6.45, 7) is -0.177. The molecule has 27 heavy (non-hydrogen) atoms. The summed E-state index contributed by atoms with van der Waals surface area (Å²) < 4.78 is 12.9. The fourth-order valence-corrected chi connectivity index (χ4v) is 2.57. The van der Waals surface area contributed by atoms with E-state index in [-0.39, 0.29) is 31.1 Å². The molecule has 0 aliphatic heterocycles. The molecule has 0 aliphatic rings. The van der Waals surface area contributed by atoms with E-state index in [1.54, 1.807) is 12.1 Å². The summed E-state index contributed by atoms with van der Waals surface area (Å²) in [5.74, 6) is -1.46. The van der Waals surface area contributed by atoms with Crippen LogP contribution < -0.4 is 5.32 Å². The van der Waals surface area contributed by atoms with Crippen molar-refractivity contribution in [2.45, 2.75) is 12.8 Å². The highest BCUT2D eigenvalue weighted by Crippen LogP contribution is 2.24. The van der Waals surface area contributed by atoms with Crippen molar-refractivity contribution in [3.63, 3.8) is 0 Å². The van der Waals surface area contributed by atoms with Crippen molar-refractivity contribution in [3.8, 4) is 0 Å². The van der Waals surface area contributed by atoms with Crippen LogP contribution in [0, 0.1) is 5.82 Å². The van der Waals surface area contributed by atoms with Crippen LogP contribution in [0.1, 0.15) is 23.2 Å². The summed E-state index contributed by atoms with van der Waals surface area (Å²) in [5.41, 5.74) is 0.797. The van der Waals surface area contributed by atoms with E-state index in [0.29, 0.717) is 21.3 Å². The molecule has 0 unspecified atom stereocenters. The van der Waals surface area contributed by atoms with E-state index in [2.05, 4.69) is 5.32 Å². The van der Waals surface area contributed by atoms with E-state index in [0.717, 1.165) is 0 Å². The SMILES string of the molecule is CN(CC(=O)Nc1ccc(Cl)c(Cl)c1)C(=O)CCC(=O)c1ccc(F)cc1. The summed E-state index contributed by atoms with van der Waals surface area (Å²) >= 11 is 11.7. The van der Waals surface area contributed by atoms with Gasteiger partial charge in [-0.3, -0.25) is 14.4 Å². The summed E-state index contributed by atoms with van der Waals surface area (Å²) in [7, 11) is 1.47. The van der Waals surface area contributed by atoms with E-state index in [9.17, 15) is 18.8 Å². The number of halogens is 3. The first-order valence-corrected chi connectivity index (χ1v) is 8.79. The number of hydrogen-bond acceptors (Lipinski definition) is 3. The van der Waals surface area contributed by atoms with Crippen LogP contribution in [0.4, 0.5) is 10.1 Å². The van der Waals surface area contributed by atoms with Gasteiger partial charge in [0, 0.05) is 31.1 Å². The molecule has 0 bridgehead atoms. The van der Waals surface area contributed by atoms with E-state index in [1.807, 2.05) is 0 Å². The number of carbonyl (C=O) groups excluding carboxylic acids is 3. The molecule has 0 fully saturated rings.